The quantitative estimate of drug-likeness (QED) is 0.628. The SMILES string of the molecule is COc1ccc(S(=O)(=O)NCCOc2ccc3ccccc3c2)c(C)c1C. The van der Waals surface area contributed by atoms with E-state index in [1.54, 1.807) is 26.2 Å². The van der Waals surface area contributed by atoms with Gasteiger partial charge in [0.25, 0.3) is 0 Å². The van der Waals surface area contributed by atoms with Gasteiger partial charge in [0.05, 0.1) is 12.0 Å². The second-order valence-electron chi connectivity index (χ2n) is 6.27. The molecule has 0 aliphatic rings. The van der Waals surface area contributed by atoms with Gasteiger partial charge in [0.2, 0.25) is 10.0 Å². The Morgan fingerprint density at radius 3 is 2.41 bits per heavy atom. The first-order chi connectivity index (χ1) is 12.9. The lowest BCUT2D eigenvalue weighted by Gasteiger charge is -2.14. The van der Waals surface area contributed by atoms with Crippen LogP contribution >= 0.6 is 0 Å². The van der Waals surface area contributed by atoms with Crippen molar-refractivity contribution in [2.24, 2.45) is 0 Å². The minimum Gasteiger partial charge on any atom is -0.496 e. The van der Waals surface area contributed by atoms with Crippen LogP contribution in [0.1, 0.15) is 11.1 Å². The predicted molar refractivity (Wildman–Crippen MR) is 107 cm³/mol. The van der Waals surface area contributed by atoms with Gasteiger partial charge in [-0.05, 0) is 60.0 Å². The standard InChI is InChI=1S/C21H23NO4S/c1-15-16(2)21(11-10-20(15)25-3)27(23,24)22-12-13-26-19-9-8-17-6-4-5-7-18(17)14-19/h4-11,14,22H,12-13H2,1-3H3. The Bertz CT molecular complexity index is 1060. The molecule has 0 aromatic heterocycles. The van der Waals surface area contributed by atoms with Crippen LogP contribution in [0.3, 0.4) is 0 Å². The van der Waals surface area contributed by atoms with E-state index in [4.69, 9.17) is 9.47 Å². The fourth-order valence-electron chi connectivity index (χ4n) is 2.96. The van der Waals surface area contributed by atoms with Crippen LogP contribution in [-0.4, -0.2) is 28.7 Å². The first-order valence-electron chi connectivity index (χ1n) is 8.68. The van der Waals surface area contributed by atoms with Crippen LogP contribution in [0.5, 0.6) is 11.5 Å². The third-order valence-corrected chi connectivity index (χ3v) is 6.19. The number of methoxy groups -OCH3 is 1. The number of rotatable bonds is 7. The van der Waals surface area contributed by atoms with Gasteiger partial charge in [0.15, 0.2) is 0 Å². The highest BCUT2D eigenvalue weighted by atomic mass is 32.2. The average molecular weight is 385 g/mol. The molecule has 142 valence electrons. The third kappa shape index (κ3) is 4.23. The minimum atomic E-state index is -3.61. The minimum absolute atomic E-state index is 0.180. The van der Waals surface area contributed by atoms with E-state index in [1.165, 1.54) is 0 Å². The Balaban J connectivity index is 1.63. The smallest absolute Gasteiger partial charge is 0.240 e. The summed E-state index contributed by atoms with van der Waals surface area (Å²) in [5.74, 6) is 1.38. The zero-order valence-electron chi connectivity index (χ0n) is 15.7. The summed E-state index contributed by atoms with van der Waals surface area (Å²) in [4.78, 5) is 0.256. The lowest BCUT2D eigenvalue weighted by atomic mass is 10.1. The molecule has 3 rings (SSSR count). The van der Waals surface area contributed by atoms with Crippen LogP contribution in [0.2, 0.25) is 0 Å². The van der Waals surface area contributed by atoms with Crippen LogP contribution in [0.25, 0.3) is 10.8 Å². The molecule has 0 spiro atoms. The Hall–Kier alpha value is -2.57. The molecule has 27 heavy (non-hydrogen) atoms. The van der Waals surface area contributed by atoms with E-state index in [2.05, 4.69) is 4.72 Å². The van der Waals surface area contributed by atoms with Gasteiger partial charge in [-0.2, -0.15) is 0 Å². The predicted octanol–water partition coefficient (Wildman–Crippen LogP) is 3.82. The van der Waals surface area contributed by atoms with Gasteiger partial charge in [-0.25, -0.2) is 13.1 Å². The van der Waals surface area contributed by atoms with Gasteiger partial charge in [-0.3, -0.25) is 0 Å². The van der Waals surface area contributed by atoms with E-state index in [0.717, 1.165) is 16.3 Å². The monoisotopic (exact) mass is 385 g/mol. The van der Waals surface area contributed by atoms with Crippen molar-refractivity contribution in [1.82, 2.24) is 4.72 Å². The van der Waals surface area contributed by atoms with E-state index in [1.807, 2.05) is 49.4 Å². The van der Waals surface area contributed by atoms with Crippen molar-refractivity contribution in [1.29, 1.82) is 0 Å². The molecule has 5 nitrogen and oxygen atoms in total. The molecule has 0 aliphatic carbocycles. The largest absolute Gasteiger partial charge is 0.496 e. The van der Waals surface area contributed by atoms with Crippen molar-refractivity contribution in [3.8, 4) is 11.5 Å². The summed E-state index contributed by atoms with van der Waals surface area (Å²) in [5.41, 5.74) is 1.49. The Kier molecular flexibility index (Phi) is 5.68. The lowest BCUT2D eigenvalue weighted by molar-refractivity contribution is 0.323. The molecule has 0 fully saturated rings. The van der Waals surface area contributed by atoms with Crippen LogP contribution in [0.15, 0.2) is 59.5 Å². The molecule has 0 unspecified atom stereocenters. The van der Waals surface area contributed by atoms with Crippen molar-refractivity contribution in [3.63, 3.8) is 0 Å². The van der Waals surface area contributed by atoms with Crippen molar-refractivity contribution in [2.45, 2.75) is 18.7 Å². The van der Waals surface area contributed by atoms with Crippen LogP contribution < -0.4 is 14.2 Å². The number of hydrogen-bond acceptors (Lipinski definition) is 4. The van der Waals surface area contributed by atoms with Crippen LogP contribution in [0, 0.1) is 13.8 Å². The molecule has 0 bridgehead atoms. The number of nitrogens with one attached hydrogen (secondary N) is 1. The summed E-state index contributed by atoms with van der Waals surface area (Å²) in [7, 11) is -2.05. The fourth-order valence-corrected chi connectivity index (χ4v) is 4.27. The van der Waals surface area contributed by atoms with Gasteiger partial charge in [-0.1, -0.05) is 30.3 Å². The molecule has 0 atom stereocenters. The fraction of sp³-hybridized carbons (Fsp3) is 0.238. The highest BCUT2D eigenvalue weighted by molar-refractivity contribution is 7.89. The number of fused-ring (bicyclic) bond motifs is 1. The molecule has 0 saturated heterocycles. The molecule has 0 amide bonds. The normalized spacial score (nSPS) is 11.5. The number of ether oxygens (including phenoxy) is 2. The number of benzene rings is 3. The van der Waals surface area contributed by atoms with E-state index in [9.17, 15) is 8.42 Å². The maximum absolute atomic E-state index is 12.6. The molecule has 0 radical (unpaired) electrons. The molecule has 0 saturated carbocycles. The topological polar surface area (TPSA) is 64.6 Å². The second kappa shape index (κ2) is 7.98. The number of sulfonamides is 1. The first kappa shape index (κ1) is 19.2. The van der Waals surface area contributed by atoms with Gasteiger partial charge in [0.1, 0.15) is 18.1 Å². The van der Waals surface area contributed by atoms with E-state index in [-0.39, 0.29) is 18.0 Å². The Morgan fingerprint density at radius 1 is 0.926 bits per heavy atom. The molecule has 3 aromatic rings. The van der Waals surface area contributed by atoms with Gasteiger partial charge in [-0.15, -0.1) is 0 Å². The summed E-state index contributed by atoms with van der Waals surface area (Å²) in [6, 6.07) is 17.1. The van der Waals surface area contributed by atoms with E-state index >= 15 is 0 Å². The van der Waals surface area contributed by atoms with Crippen molar-refractivity contribution in [3.05, 3.63) is 65.7 Å². The maximum Gasteiger partial charge on any atom is 0.240 e. The molecule has 0 heterocycles. The Labute approximate surface area is 160 Å². The summed E-state index contributed by atoms with van der Waals surface area (Å²) in [6.45, 7) is 4.04. The van der Waals surface area contributed by atoms with Gasteiger partial charge in [0, 0.05) is 6.54 Å². The van der Waals surface area contributed by atoms with Crippen molar-refractivity contribution in [2.75, 3.05) is 20.3 Å². The molecule has 3 aromatic carbocycles. The molecule has 0 aliphatic heterocycles. The van der Waals surface area contributed by atoms with E-state index in [0.29, 0.717) is 17.1 Å². The zero-order valence-corrected chi connectivity index (χ0v) is 16.5. The summed E-state index contributed by atoms with van der Waals surface area (Å²) in [6.07, 6.45) is 0. The summed E-state index contributed by atoms with van der Waals surface area (Å²) in [5, 5.41) is 2.22. The highest BCUT2D eigenvalue weighted by Crippen LogP contribution is 2.26. The molecule has 6 heteroatoms. The Morgan fingerprint density at radius 2 is 1.67 bits per heavy atom. The lowest BCUT2D eigenvalue weighted by Crippen LogP contribution is -2.29. The highest BCUT2D eigenvalue weighted by Gasteiger charge is 2.19. The van der Waals surface area contributed by atoms with Gasteiger partial charge < -0.3 is 9.47 Å². The van der Waals surface area contributed by atoms with Crippen LogP contribution in [-0.2, 0) is 10.0 Å². The molecular formula is C21H23NO4S. The van der Waals surface area contributed by atoms with E-state index < -0.39 is 10.0 Å². The molecular weight excluding hydrogens is 362 g/mol. The van der Waals surface area contributed by atoms with Crippen molar-refractivity contribution >= 4 is 20.8 Å². The van der Waals surface area contributed by atoms with Gasteiger partial charge >= 0.3 is 0 Å². The summed E-state index contributed by atoms with van der Waals surface area (Å²) < 4.78 is 38.7. The second-order valence-corrected chi connectivity index (χ2v) is 8.01. The first-order valence-corrected chi connectivity index (χ1v) is 10.2. The average Bonchev–Trinajstić information content (AvgIpc) is 2.67. The number of hydrogen-bond donors (Lipinski definition) is 1. The molecule has 1 N–H and O–H groups in total. The zero-order chi connectivity index (χ0) is 19.4. The van der Waals surface area contributed by atoms with Crippen molar-refractivity contribution < 1.29 is 17.9 Å². The summed E-state index contributed by atoms with van der Waals surface area (Å²) >= 11 is 0. The third-order valence-electron chi connectivity index (χ3n) is 4.58. The maximum atomic E-state index is 12.6. The van der Waals surface area contributed by atoms with Crippen LogP contribution in [0.4, 0.5) is 0 Å².